The summed E-state index contributed by atoms with van der Waals surface area (Å²) in [5.41, 5.74) is 1.24. The minimum absolute atomic E-state index is 0.196. The Morgan fingerprint density at radius 1 is 1.25 bits per heavy atom. The van der Waals surface area contributed by atoms with E-state index >= 15 is 0 Å². The number of hydrogen-bond donors (Lipinski definition) is 3. The maximum absolute atomic E-state index is 11.9. The maximum Gasteiger partial charge on any atom is 0.319 e. The van der Waals surface area contributed by atoms with Crippen molar-refractivity contribution in [2.75, 3.05) is 11.9 Å². The van der Waals surface area contributed by atoms with Gasteiger partial charge < -0.3 is 15.7 Å². The molecule has 20 heavy (non-hydrogen) atoms. The Kier molecular flexibility index (Phi) is 4.92. The van der Waals surface area contributed by atoms with Crippen molar-refractivity contribution < 1.29 is 9.90 Å². The summed E-state index contributed by atoms with van der Waals surface area (Å²) in [7, 11) is 0. The van der Waals surface area contributed by atoms with Gasteiger partial charge in [-0.1, -0.05) is 41.9 Å². The minimum atomic E-state index is -0.480. The molecule has 2 amide bonds. The van der Waals surface area contributed by atoms with Gasteiger partial charge in [-0.25, -0.2) is 9.78 Å². The number of anilines is 1. The number of rotatable bonds is 4. The number of aromatic nitrogens is 1. The lowest BCUT2D eigenvalue weighted by molar-refractivity contribution is 0.225. The van der Waals surface area contributed by atoms with Gasteiger partial charge in [0.25, 0.3) is 0 Å². The molecule has 0 aliphatic carbocycles. The third-order valence-corrected chi connectivity index (χ3v) is 3.00. The normalized spacial score (nSPS) is 11.7. The predicted molar refractivity (Wildman–Crippen MR) is 77.7 cm³/mol. The number of aliphatic hydroxyl groups is 1. The molecule has 0 bridgehead atoms. The van der Waals surface area contributed by atoms with Crippen LogP contribution in [0.25, 0.3) is 0 Å². The lowest BCUT2D eigenvalue weighted by Gasteiger charge is -2.17. The van der Waals surface area contributed by atoms with E-state index in [2.05, 4.69) is 15.6 Å². The summed E-state index contributed by atoms with van der Waals surface area (Å²) in [6, 6.07) is 11.6. The van der Waals surface area contributed by atoms with Gasteiger partial charge >= 0.3 is 6.03 Å². The number of amides is 2. The molecule has 1 atom stereocenters. The van der Waals surface area contributed by atoms with Crippen LogP contribution in [0.15, 0.2) is 48.7 Å². The van der Waals surface area contributed by atoms with Crippen LogP contribution in [0.3, 0.4) is 0 Å². The van der Waals surface area contributed by atoms with Crippen LogP contribution in [0.4, 0.5) is 10.5 Å². The Labute approximate surface area is 121 Å². The summed E-state index contributed by atoms with van der Waals surface area (Å²) in [4.78, 5) is 15.8. The highest BCUT2D eigenvalue weighted by Gasteiger charge is 2.14. The third kappa shape index (κ3) is 3.69. The van der Waals surface area contributed by atoms with Crippen LogP contribution in [-0.2, 0) is 0 Å². The average Bonchev–Trinajstić information content (AvgIpc) is 2.48. The molecule has 1 aromatic carbocycles. The number of halogens is 1. The first-order valence-corrected chi connectivity index (χ1v) is 6.42. The molecule has 0 aliphatic heterocycles. The quantitative estimate of drug-likeness (QED) is 0.758. The number of benzene rings is 1. The molecule has 1 aromatic heterocycles. The molecule has 0 radical (unpaired) electrons. The molecule has 0 aliphatic rings. The molecule has 3 N–H and O–H groups in total. The second-order valence-electron chi connectivity index (χ2n) is 4.09. The highest BCUT2D eigenvalue weighted by Crippen LogP contribution is 2.18. The van der Waals surface area contributed by atoms with Gasteiger partial charge in [0.1, 0.15) is 0 Å². The van der Waals surface area contributed by atoms with Crippen LogP contribution >= 0.6 is 11.6 Å². The van der Waals surface area contributed by atoms with Crippen molar-refractivity contribution in [3.8, 4) is 0 Å². The van der Waals surface area contributed by atoms with Crippen LogP contribution in [0.2, 0.25) is 5.15 Å². The molecule has 104 valence electrons. The molecule has 6 heteroatoms. The number of nitrogens with zero attached hydrogens (tertiary/aromatic N) is 1. The minimum Gasteiger partial charge on any atom is -0.394 e. The van der Waals surface area contributed by atoms with Gasteiger partial charge in [0.2, 0.25) is 0 Å². The zero-order valence-corrected chi connectivity index (χ0v) is 11.3. The molecule has 2 aromatic rings. The highest BCUT2D eigenvalue weighted by molar-refractivity contribution is 6.32. The summed E-state index contributed by atoms with van der Waals surface area (Å²) in [6.07, 6.45) is 1.53. The maximum atomic E-state index is 11.9. The van der Waals surface area contributed by atoms with Gasteiger partial charge in [-0.3, -0.25) is 0 Å². The van der Waals surface area contributed by atoms with Gasteiger partial charge in [0.15, 0.2) is 5.15 Å². The van der Waals surface area contributed by atoms with Crippen molar-refractivity contribution in [2.24, 2.45) is 0 Å². The zero-order chi connectivity index (χ0) is 14.4. The Balaban J connectivity index is 2.02. The van der Waals surface area contributed by atoms with E-state index in [4.69, 9.17) is 11.6 Å². The van der Waals surface area contributed by atoms with E-state index in [0.717, 1.165) is 5.56 Å². The van der Waals surface area contributed by atoms with Gasteiger partial charge in [0.05, 0.1) is 18.3 Å². The SMILES string of the molecule is O=C(Nc1cccnc1Cl)N[C@@H](CO)c1ccccc1. The van der Waals surface area contributed by atoms with Crippen molar-refractivity contribution in [3.05, 3.63) is 59.4 Å². The zero-order valence-electron chi connectivity index (χ0n) is 10.6. The number of urea groups is 1. The molecule has 1 heterocycles. The second kappa shape index (κ2) is 6.88. The number of aliphatic hydroxyl groups excluding tert-OH is 1. The van der Waals surface area contributed by atoms with Gasteiger partial charge in [-0.05, 0) is 17.7 Å². The van der Waals surface area contributed by atoms with E-state index in [1.165, 1.54) is 6.20 Å². The number of pyridine rings is 1. The van der Waals surface area contributed by atoms with E-state index in [1.54, 1.807) is 12.1 Å². The number of hydrogen-bond acceptors (Lipinski definition) is 3. The van der Waals surface area contributed by atoms with Crippen molar-refractivity contribution in [1.29, 1.82) is 0 Å². The van der Waals surface area contributed by atoms with E-state index in [0.29, 0.717) is 5.69 Å². The van der Waals surface area contributed by atoms with Crippen LogP contribution in [0.5, 0.6) is 0 Å². The second-order valence-corrected chi connectivity index (χ2v) is 4.44. The van der Waals surface area contributed by atoms with Crippen molar-refractivity contribution >= 4 is 23.3 Å². The number of nitrogens with one attached hydrogen (secondary N) is 2. The predicted octanol–water partition coefficient (Wildman–Crippen LogP) is 2.59. The van der Waals surface area contributed by atoms with Gasteiger partial charge in [-0.15, -0.1) is 0 Å². The summed E-state index contributed by atoms with van der Waals surface area (Å²) in [5, 5.41) is 14.8. The third-order valence-electron chi connectivity index (χ3n) is 2.70. The molecular weight excluding hydrogens is 278 g/mol. The molecule has 0 unspecified atom stereocenters. The summed E-state index contributed by atoms with van der Waals surface area (Å²) < 4.78 is 0. The van der Waals surface area contributed by atoms with Crippen molar-refractivity contribution in [1.82, 2.24) is 10.3 Å². The Hall–Kier alpha value is -2.11. The molecule has 0 fully saturated rings. The van der Waals surface area contributed by atoms with Crippen LogP contribution in [0, 0.1) is 0 Å². The fraction of sp³-hybridized carbons (Fsp3) is 0.143. The van der Waals surface area contributed by atoms with Crippen LogP contribution in [0.1, 0.15) is 11.6 Å². The smallest absolute Gasteiger partial charge is 0.319 e. The van der Waals surface area contributed by atoms with Gasteiger partial charge in [0, 0.05) is 6.20 Å². The number of carbonyl (C=O) groups excluding carboxylic acids is 1. The van der Waals surface area contributed by atoms with Crippen LogP contribution < -0.4 is 10.6 Å². The van der Waals surface area contributed by atoms with Crippen LogP contribution in [-0.4, -0.2) is 22.7 Å². The molecule has 0 saturated carbocycles. The van der Waals surface area contributed by atoms with Crippen molar-refractivity contribution in [2.45, 2.75) is 6.04 Å². The first kappa shape index (κ1) is 14.3. The molecular formula is C14H14ClN3O2. The van der Waals surface area contributed by atoms with Crippen molar-refractivity contribution in [3.63, 3.8) is 0 Å². The first-order chi connectivity index (χ1) is 9.70. The number of carbonyl (C=O) groups is 1. The van der Waals surface area contributed by atoms with E-state index in [1.807, 2.05) is 30.3 Å². The standard InChI is InChI=1S/C14H14ClN3O2/c15-13-11(7-4-8-16-13)17-14(20)18-12(9-19)10-5-2-1-3-6-10/h1-8,12,19H,9H2,(H2,17,18,20)/t12-/m0/s1. The summed E-state index contributed by atoms with van der Waals surface area (Å²) in [5.74, 6) is 0. The Bertz CT molecular complexity index is 578. The summed E-state index contributed by atoms with van der Waals surface area (Å²) in [6.45, 7) is -0.196. The van der Waals surface area contributed by atoms with E-state index < -0.39 is 12.1 Å². The molecule has 0 saturated heterocycles. The first-order valence-electron chi connectivity index (χ1n) is 6.04. The Morgan fingerprint density at radius 2 is 2.00 bits per heavy atom. The van der Waals surface area contributed by atoms with E-state index in [9.17, 15) is 9.90 Å². The van der Waals surface area contributed by atoms with Gasteiger partial charge in [-0.2, -0.15) is 0 Å². The average molecular weight is 292 g/mol. The monoisotopic (exact) mass is 291 g/mol. The fourth-order valence-corrected chi connectivity index (χ4v) is 1.88. The summed E-state index contributed by atoms with van der Waals surface area (Å²) >= 11 is 5.85. The fourth-order valence-electron chi connectivity index (χ4n) is 1.72. The van der Waals surface area contributed by atoms with E-state index in [-0.39, 0.29) is 11.8 Å². The molecule has 5 nitrogen and oxygen atoms in total. The topological polar surface area (TPSA) is 74.2 Å². The lowest BCUT2D eigenvalue weighted by atomic mass is 10.1. The highest BCUT2D eigenvalue weighted by atomic mass is 35.5. The Morgan fingerprint density at radius 3 is 2.65 bits per heavy atom. The molecule has 0 spiro atoms. The largest absolute Gasteiger partial charge is 0.394 e. The lowest BCUT2D eigenvalue weighted by Crippen LogP contribution is -2.34. The molecule has 2 rings (SSSR count).